The van der Waals surface area contributed by atoms with Crippen LogP contribution in [0.5, 0.6) is 5.75 Å². The number of amides is 1. The number of nitrogens with zero attached hydrogens (tertiary/aromatic N) is 5. The van der Waals surface area contributed by atoms with Gasteiger partial charge in [-0.3, -0.25) is 19.2 Å². The summed E-state index contributed by atoms with van der Waals surface area (Å²) in [7, 11) is 1.78. The summed E-state index contributed by atoms with van der Waals surface area (Å²) in [5.74, 6) is -0.0780. The summed E-state index contributed by atoms with van der Waals surface area (Å²) in [5, 5.41) is 4.91. The lowest BCUT2D eigenvalue weighted by molar-refractivity contribution is -0.113. The quantitative estimate of drug-likeness (QED) is 0.123. The van der Waals surface area contributed by atoms with Gasteiger partial charge in [-0.15, -0.1) is 0 Å². The molecule has 0 spiro atoms. The lowest BCUT2D eigenvalue weighted by Gasteiger charge is -2.12. The highest BCUT2D eigenvalue weighted by molar-refractivity contribution is 8.27. The van der Waals surface area contributed by atoms with Gasteiger partial charge in [-0.05, 0) is 67.1 Å². The second kappa shape index (κ2) is 12.9. The number of rotatable bonds is 8. The van der Waals surface area contributed by atoms with E-state index in [1.54, 1.807) is 41.5 Å². The van der Waals surface area contributed by atoms with Crippen molar-refractivity contribution in [1.82, 2.24) is 19.1 Å². The Morgan fingerprint density at radius 2 is 1.58 bits per heavy atom. The summed E-state index contributed by atoms with van der Waals surface area (Å²) in [4.78, 5) is 29.5. The summed E-state index contributed by atoms with van der Waals surface area (Å²) in [6.45, 7) is 2.06. The fraction of sp³-hybridized carbons (Fsp3) is 0.0811. The van der Waals surface area contributed by atoms with Crippen LogP contribution in [-0.2, 0) is 18.4 Å². The Hall–Kier alpha value is -5.52. The number of hydrogen-bond acceptors (Lipinski definition) is 6. The maximum atomic E-state index is 14.0. The number of hydrogen-bond donors (Lipinski definition) is 0. The van der Waals surface area contributed by atoms with E-state index in [0.717, 1.165) is 28.6 Å². The molecule has 0 unspecified atom stereocenters. The highest BCUT2D eigenvalue weighted by Crippen LogP contribution is 2.38. The molecule has 0 bridgehead atoms. The van der Waals surface area contributed by atoms with Crippen LogP contribution in [-0.4, -0.2) is 29.4 Å². The van der Waals surface area contributed by atoms with E-state index in [2.05, 4.69) is 0 Å². The number of thioether (sulfide) groups is 1. The molecule has 1 fully saturated rings. The van der Waals surface area contributed by atoms with Crippen LogP contribution < -0.4 is 15.2 Å². The molecule has 8 nitrogen and oxygen atoms in total. The molecule has 1 aliphatic rings. The molecule has 4 aromatic carbocycles. The van der Waals surface area contributed by atoms with Crippen LogP contribution in [0.25, 0.3) is 28.7 Å². The van der Waals surface area contributed by atoms with E-state index in [4.69, 9.17) is 22.1 Å². The van der Waals surface area contributed by atoms with Crippen molar-refractivity contribution in [3.8, 4) is 28.4 Å². The maximum absolute atomic E-state index is 14.0. The van der Waals surface area contributed by atoms with Gasteiger partial charge in [-0.25, -0.2) is 13.8 Å². The zero-order valence-corrected chi connectivity index (χ0v) is 27.5. The van der Waals surface area contributed by atoms with Gasteiger partial charge in [0.1, 0.15) is 29.6 Å². The zero-order valence-electron chi connectivity index (χ0n) is 25.9. The molecule has 238 valence electrons. The van der Waals surface area contributed by atoms with Gasteiger partial charge >= 0.3 is 0 Å². The molecular weight excluding hydrogens is 646 g/mol. The van der Waals surface area contributed by atoms with E-state index in [9.17, 15) is 14.0 Å². The van der Waals surface area contributed by atoms with Crippen LogP contribution in [0.3, 0.4) is 0 Å². The molecule has 2 aromatic heterocycles. The largest absolute Gasteiger partial charge is 0.489 e. The number of halogens is 1. The van der Waals surface area contributed by atoms with Gasteiger partial charge in [0.05, 0.1) is 22.0 Å². The Bertz CT molecular complexity index is 2260. The van der Waals surface area contributed by atoms with Crippen LogP contribution >= 0.6 is 24.0 Å². The fourth-order valence-electron chi connectivity index (χ4n) is 5.52. The molecule has 0 aliphatic carbocycles. The second-order valence-electron chi connectivity index (χ2n) is 11.1. The number of ether oxygens (including phenoxy) is 1. The van der Waals surface area contributed by atoms with Crippen molar-refractivity contribution in [1.29, 1.82) is 0 Å². The number of thiocarbonyl (C=S) groups is 1. The third-order valence-electron chi connectivity index (χ3n) is 8.02. The molecule has 48 heavy (non-hydrogen) atoms. The van der Waals surface area contributed by atoms with Crippen molar-refractivity contribution in [2.75, 3.05) is 4.90 Å². The third-order valence-corrected chi connectivity index (χ3v) is 9.32. The Kier molecular flexibility index (Phi) is 8.38. The Morgan fingerprint density at radius 3 is 2.29 bits per heavy atom. The maximum Gasteiger partial charge on any atom is 0.296 e. The van der Waals surface area contributed by atoms with Gasteiger partial charge in [-0.1, -0.05) is 84.6 Å². The SMILES string of the molecule is Cc1c(N2C(=O)/C(=C/c3cn(-c4ccccc4)nc3-c3cccc(OCc4ccc(F)cc4)c3)SC2=S)c(=O)n(-c2ccccc2)n1C. The Labute approximate surface area is 285 Å². The number of anilines is 1. The average molecular weight is 674 g/mol. The van der Waals surface area contributed by atoms with Crippen molar-refractivity contribution in [2.24, 2.45) is 7.05 Å². The van der Waals surface area contributed by atoms with Gasteiger partial charge < -0.3 is 4.74 Å². The summed E-state index contributed by atoms with van der Waals surface area (Å²) in [6.07, 6.45) is 3.63. The highest BCUT2D eigenvalue weighted by Gasteiger charge is 2.38. The smallest absolute Gasteiger partial charge is 0.296 e. The first-order chi connectivity index (χ1) is 23.3. The molecule has 1 aliphatic heterocycles. The highest BCUT2D eigenvalue weighted by atomic mass is 32.2. The molecule has 0 atom stereocenters. The van der Waals surface area contributed by atoms with E-state index in [1.807, 2.05) is 91.1 Å². The first-order valence-corrected chi connectivity index (χ1v) is 16.3. The van der Waals surface area contributed by atoms with Crippen molar-refractivity contribution in [2.45, 2.75) is 13.5 Å². The van der Waals surface area contributed by atoms with Crippen molar-refractivity contribution in [3.05, 3.63) is 153 Å². The van der Waals surface area contributed by atoms with E-state index < -0.39 is 0 Å². The minimum Gasteiger partial charge on any atom is -0.489 e. The van der Waals surface area contributed by atoms with E-state index in [0.29, 0.717) is 33.3 Å². The minimum atomic E-state index is -0.384. The molecule has 3 heterocycles. The lowest BCUT2D eigenvalue weighted by Crippen LogP contribution is -2.33. The van der Waals surface area contributed by atoms with E-state index in [-0.39, 0.29) is 33.9 Å². The number of aromatic nitrogens is 4. The van der Waals surface area contributed by atoms with Crippen molar-refractivity contribution in [3.63, 3.8) is 0 Å². The summed E-state index contributed by atoms with van der Waals surface area (Å²) in [6, 6.07) is 32.6. The first-order valence-electron chi connectivity index (χ1n) is 15.0. The predicted molar refractivity (Wildman–Crippen MR) is 191 cm³/mol. The molecular formula is C37H28FN5O3S2. The normalized spacial score (nSPS) is 13.9. The van der Waals surface area contributed by atoms with Crippen LogP contribution in [0.15, 0.2) is 125 Å². The summed E-state index contributed by atoms with van der Waals surface area (Å²) in [5.41, 5.74) is 4.93. The number of benzene rings is 4. The molecule has 1 amide bonds. The molecule has 6 aromatic rings. The van der Waals surface area contributed by atoms with E-state index in [1.165, 1.54) is 21.7 Å². The van der Waals surface area contributed by atoms with Crippen LogP contribution in [0.1, 0.15) is 16.8 Å². The topological polar surface area (TPSA) is 74.3 Å². The second-order valence-corrected chi connectivity index (χ2v) is 12.8. The number of para-hydroxylation sites is 2. The first kappa shape index (κ1) is 31.1. The molecule has 7 rings (SSSR count). The van der Waals surface area contributed by atoms with Crippen LogP contribution in [0.4, 0.5) is 10.1 Å². The lowest BCUT2D eigenvalue weighted by atomic mass is 10.1. The van der Waals surface area contributed by atoms with Gasteiger partial charge in [0, 0.05) is 24.4 Å². The molecule has 1 saturated heterocycles. The Balaban J connectivity index is 1.25. The fourth-order valence-corrected chi connectivity index (χ4v) is 6.79. The molecule has 11 heteroatoms. The Morgan fingerprint density at radius 1 is 0.896 bits per heavy atom. The average Bonchev–Trinajstić information content (AvgIpc) is 3.72. The third kappa shape index (κ3) is 5.89. The standard InChI is InChI=1S/C37H28FN5O3S2/c1-24-34(36(45)43(40(24)2)30-13-7-4-8-14-30)42-35(44)32(48-37(42)47)21-27-22-41(29-11-5-3-6-12-29)39-33(27)26-10-9-15-31(20-26)46-23-25-16-18-28(38)19-17-25/h3-22H,23H2,1-2H3/b32-21-. The van der Waals surface area contributed by atoms with Gasteiger partial charge in [0.2, 0.25) is 0 Å². The van der Waals surface area contributed by atoms with Crippen LogP contribution in [0.2, 0.25) is 0 Å². The number of carbonyl (C=O) groups excluding carboxylic acids is 1. The molecule has 0 N–H and O–H groups in total. The van der Waals surface area contributed by atoms with Crippen molar-refractivity contribution < 1.29 is 13.9 Å². The van der Waals surface area contributed by atoms with Gasteiger partial charge in [0.25, 0.3) is 11.5 Å². The van der Waals surface area contributed by atoms with Crippen LogP contribution in [0, 0.1) is 12.7 Å². The predicted octanol–water partition coefficient (Wildman–Crippen LogP) is 7.46. The van der Waals surface area contributed by atoms with Gasteiger partial charge in [0.15, 0.2) is 4.32 Å². The minimum absolute atomic E-state index is 0.221. The summed E-state index contributed by atoms with van der Waals surface area (Å²) < 4.78 is 24.7. The monoisotopic (exact) mass is 673 g/mol. The van der Waals surface area contributed by atoms with Gasteiger partial charge in [-0.2, -0.15) is 5.10 Å². The number of carbonyl (C=O) groups is 1. The van der Waals surface area contributed by atoms with Crippen molar-refractivity contribution >= 4 is 46.0 Å². The molecule has 0 saturated carbocycles. The zero-order chi connectivity index (χ0) is 33.4. The summed E-state index contributed by atoms with van der Waals surface area (Å²) >= 11 is 6.84. The van der Waals surface area contributed by atoms with E-state index >= 15 is 0 Å². The molecule has 0 radical (unpaired) electrons.